The molecule has 0 bridgehead atoms. The predicted octanol–water partition coefficient (Wildman–Crippen LogP) is 5.66. The Balaban J connectivity index is 1.71. The first-order chi connectivity index (χ1) is 17.0. The lowest BCUT2D eigenvalue weighted by Crippen LogP contribution is -2.47. The minimum atomic E-state index is -1.09. The van der Waals surface area contributed by atoms with E-state index in [1.165, 1.54) is 22.3 Å². The summed E-state index contributed by atoms with van der Waals surface area (Å²) in [6.07, 6.45) is 5.21. The van der Waals surface area contributed by atoms with E-state index in [-0.39, 0.29) is 36.4 Å². The maximum atomic E-state index is 15.1. The van der Waals surface area contributed by atoms with Gasteiger partial charge in [0, 0.05) is 23.0 Å². The number of carbonyl (C=O) groups is 2. The molecule has 1 aliphatic carbocycles. The van der Waals surface area contributed by atoms with Crippen molar-refractivity contribution in [3.05, 3.63) is 87.9 Å². The summed E-state index contributed by atoms with van der Waals surface area (Å²) in [6, 6.07) is 16.4. The number of hydrogen-bond donors (Lipinski definition) is 1. The number of benzene rings is 2. The normalized spacial score (nSPS) is 14.8. The number of nitrogens with one attached hydrogen (secondary N) is 1. The standard InChI is InChI=1S/C28H31FN2O3S/c1-34-22-12-7-9-20(17-22)19-31(26(32)18-23-13-8-16-35-23)27(24-14-5-6-15-25(24)29)28(33)30-21-10-3-2-4-11-21/h5-9,12-17,21,27H,2-4,10-11,18-19H2,1H3,(H,30,33)/t27-/m0/s1. The highest BCUT2D eigenvalue weighted by atomic mass is 32.1. The number of nitrogens with zero attached hydrogens (tertiary/aromatic N) is 1. The number of thiophene rings is 1. The summed E-state index contributed by atoms with van der Waals surface area (Å²) in [6.45, 7) is 0.151. The highest BCUT2D eigenvalue weighted by Gasteiger charge is 2.34. The average molecular weight is 495 g/mol. The summed E-state index contributed by atoms with van der Waals surface area (Å²) in [7, 11) is 1.58. The zero-order chi connectivity index (χ0) is 24.6. The van der Waals surface area contributed by atoms with Crippen LogP contribution in [0.15, 0.2) is 66.0 Å². The number of hydrogen-bond acceptors (Lipinski definition) is 4. The Morgan fingerprint density at radius 1 is 1.09 bits per heavy atom. The maximum Gasteiger partial charge on any atom is 0.247 e. The van der Waals surface area contributed by atoms with Crippen LogP contribution in [0, 0.1) is 5.82 Å². The summed E-state index contributed by atoms with van der Waals surface area (Å²) in [5.74, 6) is -0.426. The fourth-order valence-corrected chi connectivity index (χ4v) is 5.33. The van der Waals surface area contributed by atoms with Gasteiger partial charge in [0.05, 0.1) is 13.5 Å². The van der Waals surface area contributed by atoms with Crippen LogP contribution in [0.1, 0.15) is 54.1 Å². The molecule has 1 aliphatic rings. The maximum absolute atomic E-state index is 15.1. The van der Waals surface area contributed by atoms with E-state index in [9.17, 15) is 9.59 Å². The van der Waals surface area contributed by atoms with Gasteiger partial charge < -0.3 is 15.0 Å². The molecule has 2 amide bonds. The Labute approximate surface area is 209 Å². The Hall–Kier alpha value is -3.19. The molecule has 0 aliphatic heterocycles. The van der Waals surface area contributed by atoms with Gasteiger partial charge in [-0.15, -0.1) is 11.3 Å². The molecule has 0 spiro atoms. The van der Waals surface area contributed by atoms with E-state index in [2.05, 4.69) is 5.32 Å². The van der Waals surface area contributed by atoms with Crippen molar-refractivity contribution in [1.82, 2.24) is 10.2 Å². The molecule has 1 saturated carbocycles. The van der Waals surface area contributed by atoms with E-state index >= 15 is 4.39 Å². The number of rotatable bonds is 9. The summed E-state index contributed by atoms with van der Waals surface area (Å²) < 4.78 is 20.5. The molecule has 0 radical (unpaired) electrons. The second-order valence-electron chi connectivity index (χ2n) is 8.90. The first-order valence-electron chi connectivity index (χ1n) is 12.0. The summed E-state index contributed by atoms with van der Waals surface area (Å²) in [5.41, 5.74) is 0.999. The molecular weight excluding hydrogens is 463 g/mol. The van der Waals surface area contributed by atoms with Gasteiger partial charge in [-0.3, -0.25) is 9.59 Å². The SMILES string of the molecule is COc1cccc(CN(C(=O)Cc2cccs2)[C@H](C(=O)NC2CCCCC2)c2ccccc2F)c1. The third-order valence-electron chi connectivity index (χ3n) is 6.42. The molecule has 1 aromatic heterocycles. The Kier molecular flexibility index (Phi) is 8.53. The van der Waals surface area contributed by atoms with Gasteiger partial charge in [0.1, 0.15) is 17.6 Å². The lowest BCUT2D eigenvalue weighted by molar-refractivity contribution is -0.141. The second kappa shape index (κ2) is 12.0. The first-order valence-corrected chi connectivity index (χ1v) is 12.9. The molecule has 0 saturated heterocycles. The van der Waals surface area contributed by atoms with Gasteiger partial charge in [0.15, 0.2) is 0 Å². The highest BCUT2D eigenvalue weighted by molar-refractivity contribution is 7.10. The number of ether oxygens (including phenoxy) is 1. The van der Waals surface area contributed by atoms with Crippen LogP contribution in [0.4, 0.5) is 4.39 Å². The van der Waals surface area contributed by atoms with Crippen molar-refractivity contribution in [2.75, 3.05) is 7.11 Å². The minimum absolute atomic E-state index is 0.0385. The van der Waals surface area contributed by atoms with Crippen LogP contribution in [0.25, 0.3) is 0 Å². The molecule has 5 nitrogen and oxygen atoms in total. The van der Waals surface area contributed by atoms with Gasteiger partial charge in [0.2, 0.25) is 11.8 Å². The van der Waals surface area contributed by atoms with Crippen LogP contribution >= 0.6 is 11.3 Å². The van der Waals surface area contributed by atoms with Gasteiger partial charge in [0.25, 0.3) is 0 Å². The molecule has 35 heavy (non-hydrogen) atoms. The molecule has 1 heterocycles. The zero-order valence-electron chi connectivity index (χ0n) is 19.9. The monoisotopic (exact) mass is 494 g/mol. The van der Waals surface area contributed by atoms with Crippen LogP contribution in [0.5, 0.6) is 5.75 Å². The van der Waals surface area contributed by atoms with Gasteiger partial charge in [-0.25, -0.2) is 4.39 Å². The van der Waals surface area contributed by atoms with Crippen LogP contribution in [0.3, 0.4) is 0 Å². The summed E-state index contributed by atoms with van der Waals surface area (Å²) in [4.78, 5) is 29.8. The Morgan fingerprint density at radius 3 is 2.60 bits per heavy atom. The van der Waals surface area contributed by atoms with Crippen molar-refractivity contribution < 1.29 is 18.7 Å². The molecule has 3 aromatic rings. The van der Waals surface area contributed by atoms with E-state index < -0.39 is 11.9 Å². The molecule has 4 rings (SSSR count). The van der Waals surface area contributed by atoms with Gasteiger partial charge in [-0.1, -0.05) is 55.7 Å². The molecule has 1 N–H and O–H groups in total. The third-order valence-corrected chi connectivity index (χ3v) is 7.30. The molecule has 0 unspecified atom stereocenters. The topological polar surface area (TPSA) is 58.6 Å². The van der Waals surface area contributed by atoms with E-state index in [0.717, 1.165) is 42.5 Å². The van der Waals surface area contributed by atoms with E-state index in [1.807, 2.05) is 41.8 Å². The smallest absolute Gasteiger partial charge is 0.247 e. The summed E-state index contributed by atoms with van der Waals surface area (Å²) >= 11 is 1.49. The van der Waals surface area contributed by atoms with E-state index in [4.69, 9.17) is 4.74 Å². The van der Waals surface area contributed by atoms with Crippen LogP contribution in [0.2, 0.25) is 0 Å². The van der Waals surface area contributed by atoms with Gasteiger partial charge in [-0.2, -0.15) is 0 Å². The van der Waals surface area contributed by atoms with Crippen molar-refractivity contribution in [1.29, 1.82) is 0 Å². The Morgan fingerprint density at radius 2 is 1.89 bits per heavy atom. The average Bonchev–Trinajstić information content (AvgIpc) is 3.38. The van der Waals surface area contributed by atoms with Crippen LogP contribution < -0.4 is 10.1 Å². The van der Waals surface area contributed by atoms with Gasteiger partial charge >= 0.3 is 0 Å². The van der Waals surface area contributed by atoms with Crippen LogP contribution in [-0.2, 0) is 22.6 Å². The Bertz CT molecular complexity index is 1130. The first kappa shape index (κ1) is 24.9. The molecule has 2 aromatic carbocycles. The molecular formula is C28H31FN2O3S. The van der Waals surface area contributed by atoms with Crippen molar-refractivity contribution in [2.24, 2.45) is 0 Å². The molecule has 1 atom stereocenters. The number of halogens is 1. The highest BCUT2D eigenvalue weighted by Crippen LogP contribution is 2.29. The number of carbonyl (C=O) groups excluding carboxylic acids is 2. The zero-order valence-corrected chi connectivity index (χ0v) is 20.7. The van der Waals surface area contributed by atoms with E-state index in [0.29, 0.717) is 5.75 Å². The third kappa shape index (κ3) is 6.48. The minimum Gasteiger partial charge on any atom is -0.497 e. The fourth-order valence-electron chi connectivity index (χ4n) is 4.63. The summed E-state index contributed by atoms with van der Waals surface area (Å²) in [5, 5.41) is 5.04. The quantitative estimate of drug-likeness (QED) is 0.418. The molecule has 1 fully saturated rings. The largest absolute Gasteiger partial charge is 0.497 e. The van der Waals surface area contributed by atoms with Gasteiger partial charge in [-0.05, 0) is 48.1 Å². The molecule has 7 heteroatoms. The number of amides is 2. The molecule has 184 valence electrons. The van der Waals surface area contributed by atoms with Crippen molar-refractivity contribution in [3.63, 3.8) is 0 Å². The fraction of sp³-hybridized carbons (Fsp3) is 0.357. The second-order valence-corrected chi connectivity index (χ2v) is 9.93. The van der Waals surface area contributed by atoms with Crippen molar-refractivity contribution >= 4 is 23.2 Å². The lowest BCUT2D eigenvalue weighted by Gasteiger charge is -2.33. The number of methoxy groups -OCH3 is 1. The van der Waals surface area contributed by atoms with E-state index in [1.54, 1.807) is 25.3 Å². The van der Waals surface area contributed by atoms with Crippen molar-refractivity contribution in [2.45, 2.75) is 57.2 Å². The lowest BCUT2D eigenvalue weighted by atomic mass is 9.94. The predicted molar refractivity (Wildman–Crippen MR) is 136 cm³/mol. The van der Waals surface area contributed by atoms with Crippen molar-refractivity contribution in [3.8, 4) is 5.75 Å². The van der Waals surface area contributed by atoms with Crippen LogP contribution in [-0.4, -0.2) is 29.9 Å².